The number of aromatic nitrogens is 2. The van der Waals surface area contributed by atoms with Crippen LogP contribution in [0.15, 0.2) is 62.9 Å². The van der Waals surface area contributed by atoms with Crippen molar-refractivity contribution in [2.75, 3.05) is 7.05 Å². The zero-order valence-electron chi connectivity index (χ0n) is 12.7. The van der Waals surface area contributed by atoms with Gasteiger partial charge in [-0.1, -0.05) is 23.4 Å². The molecule has 0 atom stereocenters. The predicted molar refractivity (Wildman–Crippen MR) is 85.5 cm³/mol. The molecule has 118 valence electrons. The van der Waals surface area contributed by atoms with Gasteiger partial charge in [0.2, 0.25) is 5.89 Å². The lowest BCUT2D eigenvalue weighted by molar-refractivity contribution is 0.410. The fraction of sp³-hybridized carbons (Fsp3) is 0.188. The second-order valence-corrected chi connectivity index (χ2v) is 4.78. The van der Waals surface area contributed by atoms with Gasteiger partial charge < -0.3 is 19.6 Å². The van der Waals surface area contributed by atoms with Crippen LogP contribution in [-0.2, 0) is 13.1 Å². The summed E-state index contributed by atoms with van der Waals surface area (Å²) in [6.45, 7) is 1.04. The van der Waals surface area contributed by atoms with E-state index in [1.165, 1.54) is 6.26 Å². The monoisotopic (exact) mass is 311 g/mol. The van der Waals surface area contributed by atoms with Crippen LogP contribution in [0.5, 0.6) is 0 Å². The maximum absolute atomic E-state index is 5.50. The summed E-state index contributed by atoms with van der Waals surface area (Å²) in [6, 6.07) is 11.6. The number of hydrogen-bond donors (Lipinski definition) is 2. The lowest BCUT2D eigenvalue weighted by Gasteiger charge is -2.09. The zero-order chi connectivity index (χ0) is 15.9. The number of nitrogens with one attached hydrogen (secondary N) is 2. The van der Waals surface area contributed by atoms with Gasteiger partial charge in [-0.25, -0.2) is 4.98 Å². The lowest BCUT2D eigenvalue weighted by Crippen LogP contribution is -2.36. The third-order valence-corrected chi connectivity index (χ3v) is 3.16. The van der Waals surface area contributed by atoms with E-state index in [2.05, 4.69) is 25.8 Å². The number of nitrogens with zero attached hydrogens (tertiary/aromatic N) is 3. The van der Waals surface area contributed by atoms with Gasteiger partial charge in [0, 0.05) is 18.7 Å². The van der Waals surface area contributed by atoms with Crippen LogP contribution in [0.4, 0.5) is 0 Å². The molecule has 0 spiro atoms. The molecule has 1 aromatic carbocycles. The fourth-order valence-electron chi connectivity index (χ4n) is 2.00. The maximum Gasteiger partial charge on any atom is 0.226 e. The van der Waals surface area contributed by atoms with Crippen LogP contribution in [0.25, 0.3) is 11.5 Å². The Hall–Kier alpha value is -3.09. The SMILES string of the molecule is CN=C(NCc1ccon1)NCc1coc(-c2ccccc2)n1. The van der Waals surface area contributed by atoms with E-state index in [0.717, 1.165) is 17.0 Å². The molecule has 23 heavy (non-hydrogen) atoms. The quantitative estimate of drug-likeness (QED) is 0.555. The van der Waals surface area contributed by atoms with Crippen LogP contribution in [0.2, 0.25) is 0 Å². The summed E-state index contributed by atoms with van der Waals surface area (Å²) in [5.74, 6) is 1.25. The Morgan fingerprint density at radius 2 is 1.87 bits per heavy atom. The molecule has 3 aromatic rings. The summed E-state index contributed by atoms with van der Waals surface area (Å²) in [4.78, 5) is 8.60. The minimum absolute atomic E-state index is 0.509. The molecule has 2 heterocycles. The molecule has 7 nitrogen and oxygen atoms in total. The second kappa shape index (κ2) is 7.26. The number of hydrogen-bond acceptors (Lipinski definition) is 5. The Kier molecular flexibility index (Phi) is 4.68. The first-order chi connectivity index (χ1) is 11.3. The van der Waals surface area contributed by atoms with Gasteiger partial charge in [-0.05, 0) is 12.1 Å². The Balaban J connectivity index is 1.54. The van der Waals surface area contributed by atoms with Crippen molar-refractivity contribution in [3.05, 3.63) is 60.3 Å². The van der Waals surface area contributed by atoms with E-state index in [9.17, 15) is 0 Å². The maximum atomic E-state index is 5.50. The standard InChI is InChI=1S/C16H17N5O2/c1-17-16(18-9-13-7-8-23-21-13)19-10-14-11-22-15(20-14)12-5-3-2-4-6-12/h2-8,11H,9-10H2,1H3,(H2,17,18,19). The smallest absolute Gasteiger partial charge is 0.226 e. The average Bonchev–Trinajstić information content (AvgIpc) is 3.27. The number of rotatable bonds is 5. The topological polar surface area (TPSA) is 88.5 Å². The number of aliphatic imine (C=N–C) groups is 1. The Morgan fingerprint density at radius 3 is 2.57 bits per heavy atom. The van der Waals surface area contributed by atoms with E-state index in [-0.39, 0.29) is 0 Å². The minimum Gasteiger partial charge on any atom is -0.444 e. The third-order valence-electron chi connectivity index (χ3n) is 3.16. The molecule has 0 radical (unpaired) electrons. The molecule has 2 aromatic heterocycles. The van der Waals surface area contributed by atoms with Crippen LogP contribution in [0, 0.1) is 0 Å². The molecule has 0 saturated carbocycles. The first-order valence-corrected chi connectivity index (χ1v) is 7.19. The van der Waals surface area contributed by atoms with Crippen LogP contribution < -0.4 is 10.6 Å². The van der Waals surface area contributed by atoms with Gasteiger partial charge >= 0.3 is 0 Å². The van der Waals surface area contributed by atoms with E-state index in [1.807, 2.05) is 30.3 Å². The molecule has 0 bridgehead atoms. The normalized spacial score (nSPS) is 11.4. The first kappa shape index (κ1) is 14.8. The van der Waals surface area contributed by atoms with Crippen molar-refractivity contribution in [1.29, 1.82) is 0 Å². The number of guanidine groups is 1. The minimum atomic E-state index is 0.509. The molecule has 2 N–H and O–H groups in total. The fourth-order valence-corrected chi connectivity index (χ4v) is 2.00. The highest BCUT2D eigenvalue weighted by Gasteiger charge is 2.07. The molecule has 3 rings (SSSR count). The molecule has 7 heteroatoms. The molecule has 0 saturated heterocycles. The van der Waals surface area contributed by atoms with E-state index in [1.54, 1.807) is 19.4 Å². The van der Waals surface area contributed by atoms with Gasteiger partial charge in [-0.3, -0.25) is 4.99 Å². The summed E-state index contributed by atoms with van der Waals surface area (Å²) < 4.78 is 10.3. The average molecular weight is 311 g/mol. The molecular formula is C16H17N5O2. The van der Waals surface area contributed by atoms with Crippen molar-refractivity contribution in [3.63, 3.8) is 0 Å². The summed E-state index contributed by atoms with van der Waals surface area (Å²) >= 11 is 0. The van der Waals surface area contributed by atoms with Crippen molar-refractivity contribution in [1.82, 2.24) is 20.8 Å². The Labute approximate surface area is 133 Å². The molecule has 0 aliphatic rings. The molecule has 0 amide bonds. The predicted octanol–water partition coefficient (Wildman–Crippen LogP) is 2.19. The summed E-state index contributed by atoms with van der Waals surface area (Å²) in [5, 5.41) is 10.1. The van der Waals surface area contributed by atoms with Crippen LogP contribution in [0.3, 0.4) is 0 Å². The third kappa shape index (κ3) is 3.97. The van der Waals surface area contributed by atoms with Gasteiger partial charge in [0.15, 0.2) is 5.96 Å². The van der Waals surface area contributed by atoms with Crippen molar-refractivity contribution >= 4 is 5.96 Å². The van der Waals surface area contributed by atoms with Gasteiger partial charge in [-0.2, -0.15) is 0 Å². The highest BCUT2D eigenvalue weighted by Crippen LogP contribution is 2.17. The highest BCUT2D eigenvalue weighted by atomic mass is 16.5. The molecule has 0 fully saturated rings. The van der Waals surface area contributed by atoms with E-state index < -0.39 is 0 Å². The van der Waals surface area contributed by atoms with Gasteiger partial charge in [0.25, 0.3) is 0 Å². The van der Waals surface area contributed by atoms with Crippen molar-refractivity contribution in [3.8, 4) is 11.5 Å². The van der Waals surface area contributed by atoms with Crippen molar-refractivity contribution in [2.24, 2.45) is 4.99 Å². The van der Waals surface area contributed by atoms with Gasteiger partial charge in [0.05, 0.1) is 18.8 Å². The van der Waals surface area contributed by atoms with Gasteiger partial charge in [-0.15, -0.1) is 0 Å². The number of oxazole rings is 1. The van der Waals surface area contributed by atoms with Crippen LogP contribution in [-0.4, -0.2) is 23.1 Å². The summed E-state index contributed by atoms with van der Waals surface area (Å²) in [5.41, 5.74) is 2.56. The Bertz CT molecular complexity index is 750. The van der Waals surface area contributed by atoms with Crippen LogP contribution in [0.1, 0.15) is 11.4 Å². The van der Waals surface area contributed by atoms with Gasteiger partial charge in [0.1, 0.15) is 18.2 Å². The molecule has 0 aliphatic carbocycles. The molecule has 0 unspecified atom stereocenters. The summed E-state index contributed by atoms with van der Waals surface area (Å²) in [6.07, 6.45) is 3.17. The van der Waals surface area contributed by atoms with Crippen molar-refractivity contribution in [2.45, 2.75) is 13.1 Å². The van der Waals surface area contributed by atoms with E-state index in [4.69, 9.17) is 8.94 Å². The highest BCUT2D eigenvalue weighted by molar-refractivity contribution is 5.79. The number of benzene rings is 1. The Morgan fingerprint density at radius 1 is 1.09 bits per heavy atom. The summed E-state index contributed by atoms with van der Waals surface area (Å²) in [7, 11) is 1.70. The second-order valence-electron chi connectivity index (χ2n) is 4.78. The van der Waals surface area contributed by atoms with Crippen LogP contribution >= 0.6 is 0 Å². The molecule has 0 aliphatic heterocycles. The van der Waals surface area contributed by atoms with E-state index >= 15 is 0 Å². The van der Waals surface area contributed by atoms with Crippen molar-refractivity contribution < 1.29 is 8.94 Å². The molecular weight excluding hydrogens is 294 g/mol. The largest absolute Gasteiger partial charge is 0.444 e. The first-order valence-electron chi connectivity index (χ1n) is 7.19. The lowest BCUT2D eigenvalue weighted by atomic mass is 10.2. The van der Waals surface area contributed by atoms with E-state index in [0.29, 0.717) is 24.9 Å². The zero-order valence-corrected chi connectivity index (χ0v) is 12.7.